The molecule has 2 nitrogen and oxygen atoms in total. The summed E-state index contributed by atoms with van der Waals surface area (Å²) in [6, 6.07) is 12.8. The Bertz CT molecular complexity index is 607. The van der Waals surface area contributed by atoms with E-state index >= 15 is 0 Å². The molecular weight excluding hydrogens is 246 g/mol. The number of benzene rings is 2. The van der Waals surface area contributed by atoms with Crippen LogP contribution >= 0.6 is 0 Å². The number of phenolic OH excluding ortho intramolecular Hbond substituents is 1. The van der Waals surface area contributed by atoms with E-state index in [1.54, 1.807) is 0 Å². The molecule has 2 aromatic rings. The maximum absolute atomic E-state index is 10.3. The molecule has 1 N–H and O–H groups in total. The third-order valence-corrected chi connectivity index (χ3v) is 4.62. The minimum atomic E-state index is 0.425. The molecule has 2 atom stereocenters. The Labute approximate surface area is 121 Å². The van der Waals surface area contributed by atoms with Gasteiger partial charge in [0.25, 0.3) is 0 Å². The topological polar surface area (TPSA) is 23.5 Å². The SMILES string of the molecule is CC1CCC(C)N(Cc2c(O)ccc3ccccc23)C1. The molecule has 0 aliphatic carbocycles. The van der Waals surface area contributed by atoms with Gasteiger partial charge in [0.2, 0.25) is 0 Å². The Morgan fingerprint density at radius 1 is 1.10 bits per heavy atom. The quantitative estimate of drug-likeness (QED) is 0.884. The molecule has 0 aromatic heterocycles. The third kappa shape index (κ3) is 2.53. The van der Waals surface area contributed by atoms with E-state index in [4.69, 9.17) is 0 Å². The number of likely N-dealkylation sites (tertiary alicyclic amines) is 1. The maximum atomic E-state index is 10.3. The summed E-state index contributed by atoms with van der Waals surface area (Å²) in [6.07, 6.45) is 2.58. The van der Waals surface area contributed by atoms with Crippen LogP contribution in [0.1, 0.15) is 32.3 Å². The Kier molecular flexibility index (Phi) is 3.66. The van der Waals surface area contributed by atoms with Crippen molar-refractivity contribution in [3.63, 3.8) is 0 Å². The second-order valence-electron chi connectivity index (χ2n) is 6.25. The largest absolute Gasteiger partial charge is 0.508 e. The molecule has 0 radical (unpaired) electrons. The lowest BCUT2D eigenvalue weighted by molar-refractivity contribution is 0.117. The molecule has 106 valence electrons. The number of hydrogen-bond acceptors (Lipinski definition) is 2. The Hall–Kier alpha value is -1.54. The van der Waals surface area contributed by atoms with Crippen LogP contribution in [0.2, 0.25) is 0 Å². The molecular formula is C18H23NO. The molecule has 2 heteroatoms. The molecule has 0 spiro atoms. The molecule has 3 rings (SSSR count). The van der Waals surface area contributed by atoms with E-state index in [2.05, 4.69) is 36.9 Å². The fraction of sp³-hybridized carbons (Fsp3) is 0.444. The van der Waals surface area contributed by atoms with Gasteiger partial charge in [-0.25, -0.2) is 0 Å². The van der Waals surface area contributed by atoms with E-state index in [9.17, 15) is 5.11 Å². The highest BCUT2D eigenvalue weighted by molar-refractivity contribution is 5.87. The van der Waals surface area contributed by atoms with Crippen LogP contribution in [0, 0.1) is 5.92 Å². The van der Waals surface area contributed by atoms with E-state index in [0.29, 0.717) is 11.8 Å². The van der Waals surface area contributed by atoms with Crippen LogP contribution in [0.3, 0.4) is 0 Å². The highest BCUT2D eigenvalue weighted by Gasteiger charge is 2.24. The van der Waals surface area contributed by atoms with Crippen LogP contribution in [0.25, 0.3) is 10.8 Å². The summed E-state index contributed by atoms with van der Waals surface area (Å²) in [5, 5.41) is 12.6. The minimum Gasteiger partial charge on any atom is -0.508 e. The van der Waals surface area contributed by atoms with Gasteiger partial charge in [-0.15, -0.1) is 0 Å². The molecule has 0 bridgehead atoms. The van der Waals surface area contributed by atoms with Gasteiger partial charge in [-0.05, 0) is 42.5 Å². The molecule has 2 unspecified atom stereocenters. The van der Waals surface area contributed by atoms with Crippen molar-refractivity contribution in [2.24, 2.45) is 5.92 Å². The van der Waals surface area contributed by atoms with Crippen LogP contribution in [0.4, 0.5) is 0 Å². The van der Waals surface area contributed by atoms with E-state index in [1.807, 2.05) is 18.2 Å². The smallest absolute Gasteiger partial charge is 0.120 e. The van der Waals surface area contributed by atoms with Gasteiger partial charge in [-0.2, -0.15) is 0 Å². The zero-order valence-electron chi connectivity index (χ0n) is 12.3. The standard InChI is InChI=1S/C18H23NO/c1-13-7-8-14(2)19(11-13)12-17-16-6-4-3-5-15(16)9-10-18(17)20/h3-6,9-10,13-14,20H,7-8,11-12H2,1-2H3. The van der Waals surface area contributed by atoms with Gasteiger partial charge in [0, 0.05) is 24.7 Å². The number of hydrogen-bond donors (Lipinski definition) is 1. The van der Waals surface area contributed by atoms with E-state index in [-0.39, 0.29) is 0 Å². The Morgan fingerprint density at radius 2 is 1.90 bits per heavy atom. The molecule has 2 aromatic carbocycles. The highest BCUT2D eigenvalue weighted by Crippen LogP contribution is 2.31. The molecule has 1 fully saturated rings. The van der Waals surface area contributed by atoms with Gasteiger partial charge in [0.1, 0.15) is 5.75 Å². The minimum absolute atomic E-state index is 0.425. The normalized spacial score (nSPS) is 24.1. The van der Waals surface area contributed by atoms with Gasteiger partial charge in [-0.1, -0.05) is 37.3 Å². The number of phenols is 1. The zero-order chi connectivity index (χ0) is 14.1. The molecule has 1 saturated heterocycles. The van der Waals surface area contributed by atoms with Crippen LogP contribution in [-0.2, 0) is 6.54 Å². The monoisotopic (exact) mass is 269 g/mol. The fourth-order valence-electron chi connectivity index (χ4n) is 3.29. The second kappa shape index (κ2) is 5.45. The fourth-order valence-corrected chi connectivity index (χ4v) is 3.29. The molecule has 1 aliphatic heterocycles. The number of fused-ring (bicyclic) bond motifs is 1. The highest BCUT2D eigenvalue weighted by atomic mass is 16.3. The van der Waals surface area contributed by atoms with Crippen molar-refractivity contribution in [3.8, 4) is 5.75 Å². The van der Waals surface area contributed by atoms with Gasteiger partial charge in [0.05, 0.1) is 0 Å². The lowest BCUT2D eigenvalue weighted by atomic mass is 9.94. The summed E-state index contributed by atoms with van der Waals surface area (Å²) in [5.41, 5.74) is 1.07. The summed E-state index contributed by atoms with van der Waals surface area (Å²) in [7, 11) is 0. The first kappa shape index (κ1) is 13.4. The molecule has 1 aliphatic rings. The summed E-state index contributed by atoms with van der Waals surface area (Å²) < 4.78 is 0. The maximum Gasteiger partial charge on any atom is 0.120 e. The Balaban J connectivity index is 1.95. The molecule has 1 heterocycles. The Morgan fingerprint density at radius 3 is 2.75 bits per heavy atom. The van der Waals surface area contributed by atoms with Crippen molar-refractivity contribution >= 4 is 10.8 Å². The van der Waals surface area contributed by atoms with Crippen molar-refractivity contribution in [1.29, 1.82) is 0 Å². The van der Waals surface area contributed by atoms with Crippen LogP contribution in [0.15, 0.2) is 36.4 Å². The molecule has 0 amide bonds. The summed E-state index contributed by atoms with van der Waals surface area (Å²) in [4.78, 5) is 2.51. The van der Waals surface area contributed by atoms with Gasteiger partial charge in [-0.3, -0.25) is 4.90 Å². The van der Waals surface area contributed by atoms with E-state index < -0.39 is 0 Å². The van der Waals surface area contributed by atoms with Crippen LogP contribution < -0.4 is 0 Å². The van der Waals surface area contributed by atoms with Crippen molar-refractivity contribution in [1.82, 2.24) is 4.90 Å². The second-order valence-corrected chi connectivity index (χ2v) is 6.25. The first-order valence-corrected chi connectivity index (χ1v) is 7.59. The molecule has 20 heavy (non-hydrogen) atoms. The third-order valence-electron chi connectivity index (χ3n) is 4.62. The lowest BCUT2D eigenvalue weighted by Crippen LogP contribution is -2.40. The average molecular weight is 269 g/mol. The van der Waals surface area contributed by atoms with E-state index in [1.165, 1.54) is 23.6 Å². The van der Waals surface area contributed by atoms with Gasteiger partial charge < -0.3 is 5.11 Å². The zero-order valence-corrected chi connectivity index (χ0v) is 12.3. The predicted molar refractivity (Wildman–Crippen MR) is 83.9 cm³/mol. The van der Waals surface area contributed by atoms with Crippen LogP contribution in [-0.4, -0.2) is 22.6 Å². The first-order chi connectivity index (χ1) is 9.65. The average Bonchev–Trinajstić information content (AvgIpc) is 2.46. The van der Waals surface area contributed by atoms with E-state index in [0.717, 1.165) is 24.6 Å². The van der Waals surface area contributed by atoms with Gasteiger partial charge >= 0.3 is 0 Å². The molecule has 0 saturated carbocycles. The first-order valence-electron chi connectivity index (χ1n) is 7.59. The van der Waals surface area contributed by atoms with Gasteiger partial charge in [0.15, 0.2) is 0 Å². The van der Waals surface area contributed by atoms with Crippen molar-refractivity contribution in [3.05, 3.63) is 42.0 Å². The summed E-state index contributed by atoms with van der Waals surface area (Å²) in [6.45, 7) is 6.60. The van der Waals surface area contributed by atoms with Crippen molar-refractivity contribution in [2.45, 2.75) is 39.3 Å². The summed E-state index contributed by atoms with van der Waals surface area (Å²) in [5.74, 6) is 1.18. The number of piperidine rings is 1. The number of aromatic hydroxyl groups is 1. The van der Waals surface area contributed by atoms with Crippen molar-refractivity contribution < 1.29 is 5.11 Å². The lowest BCUT2D eigenvalue weighted by Gasteiger charge is -2.37. The number of nitrogens with zero attached hydrogens (tertiary/aromatic N) is 1. The van der Waals surface area contributed by atoms with Crippen LogP contribution in [0.5, 0.6) is 5.75 Å². The number of rotatable bonds is 2. The summed E-state index contributed by atoms with van der Waals surface area (Å²) >= 11 is 0. The predicted octanol–water partition coefficient (Wildman–Crippen LogP) is 4.17. The van der Waals surface area contributed by atoms with Crippen molar-refractivity contribution in [2.75, 3.05) is 6.54 Å².